The number of benzene rings is 4. The van der Waals surface area contributed by atoms with Gasteiger partial charge in [0, 0.05) is 53.3 Å². The highest BCUT2D eigenvalue weighted by Crippen LogP contribution is 2.47. The van der Waals surface area contributed by atoms with Crippen molar-refractivity contribution in [2.45, 2.75) is 38.0 Å². The van der Waals surface area contributed by atoms with Crippen LogP contribution < -0.4 is 16.0 Å². The maximum atomic E-state index is 14.0. The van der Waals surface area contributed by atoms with Crippen LogP contribution >= 0.6 is 0 Å². The van der Waals surface area contributed by atoms with Gasteiger partial charge in [0.25, 0.3) is 17.5 Å². The third-order valence-electron chi connectivity index (χ3n) is 9.10. The Labute approximate surface area is 293 Å². The van der Waals surface area contributed by atoms with Gasteiger partial charge in [-0.2, -0.15) is 0 Å². The van der Waals surface area contributed by atoms with E-state index in [0.29, 0.717) is 46.8 Å². The fourth-order valence-corrected chi connectivity index (χ4v) is 6.20. The van der Waals surface area contributed by atoms with Crippen LogP contribution in [-0.4, -0.2) is 48.6 Å². The minimum atomic E-state index is -2.06. The predicted octanol–water partition coefficient (Wildman–Crippen LogP) is 5.16. The Kier molecular flexibility index (Phi) is 10.0. The number of aromatic nitrogens is 3. The van der Waals surface area contributed by atoms with E-state index in [4.69, 9.17) is 5.73 Å². The molecule has 2 heterocycles. The zero-order valence-corrected chi connectivity index (χ0v) is 27.8. The molecule has 0 radical (unpaired) electrons. The summed E-state index contributed by atoms with van der Waals surface area (Å²) >= 11 is 0. The molecule has 13 heteroatoms. The number of non-ortho nitro benzene ring substituents is 1. The van der Waals surface area contributed by atoms with Crippen LogP contribution in [0.1, 0.15) is 52.0 Å². The molecule has 0 saturated carbocycles. The molecule has 5 N–H and O–H groups in total. The number of rotatable bonds is 13. The van der Waals surface area contributed by atoms with Gasteiger partial charge in [0.2, 0.25) is 0 Å². The Morgan fingerprint density at radius 3 is 2.47 bits per heavy atom. The number of nitro groups is 1. The number of aryl methyl sites for hydroxylation is 1. The van der Waals surface area contributed by atoms with E-state index in [1.807, 2.05) is 36.4 Å². The third-order valence-corrected chi connectivity index (χ3v) is 9.10. The van der Waals surface area contributed by atoms with Crippen molar-refractivity contribution in [3.05, 3.63) is 153 Å². The summed E-state index contributed by atoms with van der Waals surface area (Å²) in [7, 11) is 0. The third kappa shape index (κ3) is 7.25. The highest BCUT2D eigenvalue weighted by atomic mass is 16.6. The summed E-state index contributed by atoms with van der Waals surface area (Å²) in [5.74, 6) is -1.95. The summed E-state index contributed by atoms with van der Waals surface area (Å²) in [5, 5.41) is 45.0. The summed E-state index contributed by atoms with van der Waals surface area (Å²) < 4.78 is 1.67. The van der Waals surface area contributed by atoms with Crippen molar-refractivity contribution in [1.29, 1.82) is 0 Å². The highest BCUT2D eigenvalue weighted by molar-refractivity contribution is 6.07. The molecular weight excluding hydrogens is 650 g/mol. The predicted molar refractivity (Wildman–Crippen MR) is 192 cm³/mol. The van der Waals surface area contributed by atoms with Gasteiger partial charge in [0.05, 0.1) is 35.4 Å². The Bertz CT molecular complexity index is 2060. The first-order valence-electron chi connectivity index (χ1n) is 16.4. The number of aliphatic hydroxyl groups excluding tert-OH is 1. The summed E-state index contributed by atoms with van der Waals surface area (Å²) in [6.45, 7) is 2.12. The first-order chi connectivity index (χ1) is 24.6. The number of hydrogen-bond donors (Lipinski definition) is 4. The molecular formula is C38H37N7O6. The monoisotopic (exact) mass is 687 g/mol. The number of allylic oxidation sites excluding steroid dienone is 1. The number of fused-ring (bicyclic) bond motifs is 1. The van der Waals surface area contributed by atoms with Crippen LogP contribution in [0.4, 0.5) is 22.7 Å². The van der Waals surface area contributed by atoms with E-state index in [1.54, 1.807) is 72.4 Å². The maximum Gasteiger partial charge on any atom is 0.269 e. The lowest BCUT2D eigenvalue weighted by Crippen LogP contribution is -2.44. The molecule has 13 nitrogen and oxygen atoms in total. The molecule has 0 bridgehead atoms. The molecule has 0 fully saturated rings. The number of nitrogen functional groups attached to an aromatic ring is 1. The highest BCUT2D eigenvalue weighted by Gasteiger charge is 2.53. The Morgan fingerprint density at radius 1 is 1.06 bits per heavy atom. The van der Waals surface area contributed by atoms with Crippen molar-refractivity contribution < 1.29 is 24.7 Å². The zero-order valence-electron chi connectivity index (χ0n) is 27.8. The summed E-state index contributed by atoms with van der Waals surface area (Å²) in [6, 6.07) is 27.1. The van der Waals surface area contributed by atoms with Crippen molar-refractivity contribution in [3.8, 4) is 0 Å². The number of carbonyl (C=O) groups excluding carboxylic acids is 2. The summed E-state index contributed by atoms with van der Waals surface area (Å²) in [6.07, 6.45) is 5.84. The molecule has 2 amide bonds. The van der Waals surface area contributed by atoms with Gasteiger partial charge < -0.3 is 26.2 Å². The Morgan fingerprint density at radius 2 is 1.78 bits per heavy atom. The Hall–Kier alpha value is -6.18. The summed E-state index contributed by atoms with van der Waals surface area (Å²) in [4.78, 5) is 39.2. The molecule has 5 aromatic rings. The lowest BCUT2D eigenvalue weighted by Gasteiger charge is -2.27. The van der Waals surface area contributed by atoms with Crippen LogP contribution in [0, 0.1) is 16.0 Å². The zero-order chi connectivity index (χ0) is 36.1. The van der Waals surface area contributed by atoms with Crippen LogP contribution in [-0.2, 0) is 23.5 Å². The van der Waals surface area contributed by atoms with Crippen molar-refractivity contribution in [1.82, 2.24) is 15.0 Å². The second kappa shape index (κ2) is 14.7. The normalized spacial score (nSPS) is 16.6. The topological polar surface area (TPSA) is 190 Å². The summed E-state index contributed by atoms with van der Waals surface area (Å²) in [5.41, 5.74) is 7.78. The molecule has 1 aromatic heterocycles. The van der Waals surface area contributed by atoms with E-state index >= 15 is 0 Å². The molecule has 4 aromatic carbocycles. The smallest absolute Gasteiger partial charge is 0.269 e. The van der Waals surface area contributed by atoms with E-state index in [0.717, 1.165) is 5.56 Å². The molecule has 1 aliphatic rings. The van der Waals surface area contributed by atoms with Crippen LogP contribution in [0.5, 0.6) is 0 Å². The van der Waals surface area contributed by atoms with E-state index in [9.17, 15) is 29.9 Å². The van der Waals surface area contributed by atoms with Gasteiger partial charge >= 0.3 is 0 Å². The van der Waals surface area contributed by atoms with Gasteiger partial charge in [0.1, 0.15) is 0 Å². The van der Waals surface area contributed by atoms with Crippen molar-refractivity contribution in [2.24, 2.45) is 5.92 Å². The molecule has 0 saturated heterocycles. The fourth-order valence-electron chi connectivity index (χ4n) is 6.20. The molecule has 1 aliphatic heterocycles. The second-order valence-corrected chi connectivity index (χ2v) is 12.4. The molecule has 0 spiro atoms. The van der Waals surface area contributed by atoms with E-state index in [-0.39, 0.29) is 36.2 Å². The van der Waals surface area contributed by atoms with Gasteiger partial charge in [-0.1, -0.05) is 66.8 Å². The molecule has 6 rings (SSSR count). The maximum absolute atomic E-state index is 14.0. The average Bonchev–Trinajstić information content (AvgIpc) is 3.69. The minimum Gasteiger partial charge on any atom is -0.399 e. The van der Waals surface area contributed by atoms with Crippen molar-refractivity contribution >= 4 is 34.6 Å². The minimum absolute atomic E-state index is 0.0843. The first-order valence-corrected chi connectivity index (χ1v) is 16.4. The van der Waals surface area contributed by atoms with E-state index in [2.05, 4.69) is 15.6 Å². The van der Waals surface area contributed by atoms with Gasteiger partial charge in [-0.25, -0.2) is 0 Å². The Balaban J connectivity index is 1.15. The lowest BCUT2D eigenvalue weighted by atomic mass is 9.82. The quantitative estimate of drug-likeness (QED) is 0.0561. The van der Waals surface area contributed by atoms with Crippen LogP contribution in [0.2, 0.25) is 0 Å². The van der Waals surface area contributed by atoms with Crippen molar-refractivity contribution in [3.63, 3.8) is 0 Å². The standard InChI is InChI=1S/C38H37N7O6/c1-25(7-5-6-20-43-23-34(41-42-43)32(24-46)27-8-3-2-4-9-27)38(49)33-21-31(45(50)51)18-19-35(33)44(37(38)48)22-26-10-16-30(17-11-26)40-36(47)28-12-14-29(39)15-13-28/h2-5,7-19,21,23,25,32,46,49H,6,20,22,24,39H2,1H3,(H,40,47)/b7-5+/t25-,32?,38+/m0/s1. The van der Waals surface area contributed by atoms with Crippen LogP contribution in [0.25, 0.3) is 0 Å². The number of nitrogens with one attached hydrogen (secondary N) is 1. The number of anilines is 3. The largest absolute Gasteiger partial charge is 0.399 e. The number of nitro benzene ring substituents is 1. The fraction of sp³-hybridized carbons (Fsp3) is 0.211. The van der Waals surface area contributed by atoms with Gasteiger partial charge in [-0.05, 0) is 60.0 Å². The number of hydrogen-bond acceptors (Lipinski definition) is 9. The van der Waals surface area contributed by atoms with Gasteiger partial charge in [-0.3, -0.25) is 24.4 Å². The molecule has 260 valence electrons. The molecule has 1 unspecified atom stereocenters. The van der Waals surface area contributed by atoms with Crippen LogP contribution in [0.3, 0.4) is 0 Å². The first kappa shape index (κ1) is 34.7. The number of nitrogens with two attached hydrogens (primary N) is 1. The van der Waals surface area contributed by atoms with E-state index < -0.39 is 22.3 Å². The number of carbonyl (C=O) groups is 2. The second-order valence-electron chi connectivity index (χ2n) is 12.4. The molecule has 0 aliphatic carbocycles. The van der Waals surface area contributed by atoms with Gasteiger partial charge in [0.15, 0.2) is 5.60 Å². The van der Waals surface area contributed by atoms with Crippen molar-refractivity contribution in [2.75, 3.05) is 22.6 Å². The number of nitrogens with zero attached hydrogens (tertiary/aromatic N) is 5. The molecule has 3 atom stereocenters. The van der Waals surface area contributed by atoms with Gasteiger partial charge in [-0.15, -0.1) is 5.10 Å². The van der Waals surface area contributed by atoms with E-state index in [1.165, 1.54) is 23.1 Å². The average molecular weight is 688 g/mol. The van der Waals surface area contributed by atoms with Crippen LogP contribution in [0.15, 0.2) is 115 Å². The molecule has 51 heavy (non-hydrogen) atoms. The number of amides is 2. The number of aliphatic hydroxyl groups is 2. The SMILES string of the molecule is C[C@@H](/C=C/CCn1cc(C(CO)c2ccccc2)nn1)[C@]1(O)C(=O)N(Cc2ccc(NC(=O)c3ccc(N)cc3)cc2)c2ccc([N+](=O)[O-])cc21. The lowest BCUT2D eigenvalue weighted by molar-refractivity contribution is -0.385.